The summed E-state index contributed by atoms with van der Waals surface area (Å²) < 4.78 is 13.2. The molecule has 1 nitrogen and oxygen atoms in total. The van der Waals surface area contributed by atoms with E-state index in [1.54, 1.807) is 11.8 Å². The van der Waals surface area contributed by atoms with E-state index in [-0.39, 0.29) is 10.8 Å². The minimum absolute atomic E-state index is 0.0969. The molecule has 0 radical (unpaired) electrons. The summed E-state index contributed by atoms with van der Waals surface area (Å²) in [7, 11) is 0. The van der Waals surface area contributed by atoms with E-state index in [1.807, 2.05) is 30.5 Å². The van der Waals surface area contributed by atoms with Crippen molar-refractivity contribution < 1.29 is 9.18 Å². The second kappa shape index (κ2) is 6.91. The van der Waals surface area contributed by atoms with Crippen molar-refractivity contribution >= 4 is 29.1 Å². The first-order valence-corrected chi connectivity index (χ1v) is 7.81. The molecule has 0 unspecified atom stereocenters. The molecule has 0 aliphatic heterocycles. The zero-order valence-electron chi connectivity index (χ0n) is 11.0. The molecule has 4 heteroatoms. The normalized spacial score (nSPS) is 10.6. The van der Waals surface area contributed by atoms with Gasteiger partial charge in [-0.25, -0.2) is 4.39 Å². The predicted molar refractivity (Wildman–Crippen MR) is 82.3 cm³/mol. The van der Waals surface area contributed by atoms with Gasteiger partial charge >= 0.3 is 0 Å². The van der Waals surface area contributed by atoms with Crippen LogP contribution in [0.15, 0.2) is 47.4 Å². The predicted octanol–water partition coefficient (Wildman–Crippen LogP) is 5.02. The zero-order chi connectivity index (χ0) is 14.5. The number of Topliss-reactive ketones (excluding diaryl/α,β-unsaturated/α-hetero) is 1. The van der Waals surface area contributed by atoms with Gasteiger partial charge in [0.1, 0.15) is 5.82 Å². The minimum Gasteiger partial charge on any atom is -0.294 e. The largest absolute Gasteiger partial charge is 0.294 e. The Balaban J connectivity index is 2.00. The number of carbonyl (C=O) groups excluding carboxylic acids is 1. The first-order chi connectivity index (χ1) is 9.58. The lowest BCUT2D eigenvalue weighted by Crippen LogP contribution is -2.02. The molecule has 0 heterocycles. The van der Waals surface area contributed by atoms with Gasteiger partial charge in [0.2, 0.25) is 0 Å². The highest BCUT2D eigenvalue weighted by molar-refractivity contribution is 7.98. The van der Waals surface area contributed by atoms with Gasteiger partial charge in [-0.05, 0) is 48.6 Å². The van der Waals surface area contributed by atoms with Gasteiger partial charge < -0.3 is 0 Å². The Hall–Kier alpha value is -1.32. The summed E-state index contributed by atoms with van der Waals surface area (Å²) in [6.07, 6.45) is 3.01. The first-order valence-electron chi connectivity index (χ1n) is 6.20. The van der Waals surface area contributed by atoms with Crippen molar-refractivity contribution in [3.05, 3.63) is 64.4 Å². The van der Waals surface area contributed by atoms with Gasteiger partial charge in [0, 0.05) is 21.9 Å². The zero-order valence-corrected chi connectivity index (χ0v) is 12.6. The fourth-order valence-corrected chi connectivity index (χ4v) is 2.54. The summed E-state index contributed by atoms with van der Waals surface area (Å²) in [5.41, 5.74) is 1.43. The Kier molecular flexibility index (Phi) is 5.21. The topological polar surface area (TPSA) is 17.1 Å². The molecule has 0 aliphatic rings. The van der Waals surface area contributed by atoms with Crippen LogP contribution in [-0.4, -0.2) is 12.0 Å². The lowest BCUT2D eigenvalue weighted by molar-refractivity contribution is 0.0982. The molecule has 20 heavy (non-hydrogen) atoms. The van der Waals surface area contributed by atoms with Gasteiger partial charge in [-0.3, -0.25) is 4.79 Å². The van der Waals surface area contributed by atoms with Crippen LogP contribution in [0.1, 0.15) is 22.3 Å². The third kappa shape index (κ3) is 4.09. The van der Waals surface area contributed by atoms with Crippen LogP contribution in [0.5, 0.6) is 0 Å². The van der Waals surface area contributed by atoms with Crippen molar-refractivity contribution in [2.24, 2.45) is 0 Å². The summed E-state index contributed by atoms with van der Waals surface area (Å²) in [6.45, 7) is 0. The SMILES string of the molecule is CSc1ccc(CCC(=O)c2cc(F)cc(Cl)c2)cc1. The summed E-state index contributed by atoms with van der Waals surface area (Å²) in [5, 5.41) is 0.248. The molecule has 0 N–H and O–H groups in total. The van der Waals surface area contributed by atoms with Crippen molar-refractivity contribution in [2.45, 2.75) is 17.7 Å². The lowest BCUT2D eigenvalue weighted by Gasteiger charge is -2.04. The molecule has 0 amide bonds. The van der Waals surface area contributed by atoms with Gasteiger partial charge in [0.15, 0.2) is 5.78 Å². The van der Waals surface area contributed by atoms with Crippen molar-refractivity contribution in [3.8, 4) is 0 Å². The molecule has 0 atom stereocenters. The summed E-state index contributed by atoms with van der Waals surface area (Å²) in [6, 6.07) is 12.0. The van der Waals surface area contributed by atoms with Crippen LogP contribution in [0.25, 0.3) is 0 Å². The number of ketones is 1. The fourth-order valence-electron chi connectivity index (χ4n) is 1.91. The monoisotopic (exact) mass is 308 g/mol. The van der Waals surface area contributed by atoms with Crippen LogP contribution < -0.4 is 0 Å². The molecular weight excluding hydrogens is 295 g/mol. The van der Waals surface area contributed by atoms with Crippen LogP contribution in [0.2, 0.25) is 5.02 Å². The lowest BCUT2D eigenvalue weighted by atomic mass is 10.0. The van der Waals surface area contributed by atoms with Gasteiger partial charge in [0.25, 0.3) is 0 Å². The summed E-state index contributed by atoms with van der Waals surface area (Å²) in [4.78, 5) is 13.2. The van der Waals surface area contributed by atoms with E-state index in [0.717, 1.165) is 5.56 Å². The molecule has 0 fully saturated rings. The second-order valence-electron chi connectivity index (χ2n) is 4.43. The molecule has 0 spiro atoms. The number of hydrogen-bond acceptors (Lipinski definition) is 2. The standard InChI is InChI=1S/C16H14ClFOS/c1-20-15-5-2-11(3-6-15)4-7-16(19)12-8-13(17)10-14(18)9-12/h2-3,5-6,8-10H,4,7H2,1H3. The van der Waals surface area contributed by atoms with Crippen LogP contribution in [-0.2, 0) is 6.42 Å². The number of benzene rings is 2. The number of carbonyl (C=O) groups is 1. The molecule has 2 rings (SSSR count). The molecule has 104 valence electrons. The minimum atomic E-state index is -0.481. The van der Waals surface area contributed by atoms with E-state index in [2.05, 4.69) is 0 Å². The van der Waals surface area contributed by atoms with E-state index in [0.29, 0.717) is 18.4 Å². The average Bonchev–Trinajstić information content (AvgIpc) is 2.44. The molecule has 2 aromatic carbocycles. The highest BCUT2D eigenvalue weighted by Gasteiger charge is 2.09. The van der Waals surface area contributed by atoms with E-state index >= 15 is 0 Å². The maximum atomic E-state index is 13.2. The fraction of sp³-hybridized carbons (Fsp3) is 0.188. The average molecular weight is 309 g/mol. The Morgan fingerprint density at radius 3 is 2.50 bits per heavy atom. The van der Waals surface area contributed by atoms with Crippen LogP contribution in [0.3, 0.4) is 0 Å². The molecule has 0 bridgehead atoms. The van der Waals surface area contributed by atoms with Crippen LogP contribution >= 0.6 is 23.4 Å². The third-order valence-corrected chi connectivity index (χ3v) is 3.95. The Labute approximate surface area is 127 Å². The van der Waals surface area contributed by atoms with Gasteiger partial charge in [0.05, 0.1) is 0 Å². The third-order valence-electron chi connectivity index (χ3n) is 2.98. The number of aryl methyl sites for hydroxylation is 1. The molecular formula is C16H14ClFOS. The van der Waals surface area contributed by atoms with Crippen molar-refractivity contribution in [2.75, 3.05) is 6.26 Å². The Bertz CT molecular complexity index is 590. The van der Waals surface area contributed by atoms with Crippen molar-refractivity contribution in [1.82, 2.24) is 0 Å². The maximum absolute atomic E-state index is 13.2. The summed E-state index contributed by atoms with van der Waals surface area (Å²) >= 11 is 7.43. The van der Waals surface area contributed by atoms with Crippen molar-refractivity contribution in [3.63, 3.8) is 0 Å². The van der Waals surface area contributed by atoms with Crippen LogP contribution in [0.4, 0.5) is 4.39 Å². The first kappa shape index (κ1) is 15.1. The van der Waals surface area contributed by atoms with Gasteiger partial charge in [-0.15, -0.1) is 11.8 Å². The second-order valence-corrected chi connectivity index (χ2v) is 5.75. The van der Waals surface area contributed by atoms with E-state index in [4.69, 9.17) is 11.6 Å². The smallest absolute Gasteiger partial charge is 0.163 e. The Morgan fingerprint density at radius 1 is 1.20 bits per heavy atom. The molecule has 2 aromatic rings. The van der Waals surface area contributed by atoms with E-state index < -0.39 is 5.82 Å². The highest BCUT2D eigenvalue weighted by atomic mass is 35.5. The number of hydrogen-bond donors (Lipinski definition) is 0. The summed E-state index contributed by atoms with van der Waals surface area (Å²) in [5.74, 6) is -0.578. The number of halogens is 2. The quantitative estimate of drug-likeness (QED) is 0.570. The van der Waals surface area contributed by atoms with Gasteiger partial charge in [-0.1, -0.05) is 23.7 Å². The number of rotatable bonds is 5. The van der Waals surface area contributed by atoms with Crippen LogP contribution in [0, 0.1) is 5.82 Å². The van der Waals surface area contributed by atoms with E-state index in [1.165, 1.54) is 23.1 Å². The molecule has 0 saturated carbocycles. The van der Waals surface area contributed by atoms with Crippen molar-refractivity contribution in [1.29, 1.82) is 0 Å². The molecule has 0 aromatic heterocycles. The molecule has 0 aliphatic carbocycles. The maximum Gasteiger partial charge on any atom is 0.163 e. The molecule has 0 saturated heterocycles. The highest BCUT2D eigenvalue weighted by Crippen LogP contribution is 2.18. The Morgan fingerprint density at radius 2 is 1.90 bits per heavy atom. The number of thioether (sulfide) groups is 1. The van der Waals surface area contributed by atoms with Gasteiger partial charge in [-0.2, -0.15) is 0 Å². The van der Waals surface area contributed by atoms with E-state index in [9.17, 15) is 9.18 Å².